The van der Waals surface area contributed by atoms with Crippen molar-refractivity contribution >= 4 is 40.7 Å². The third kappa shape index (κ3) is 6.84. The van der Waals surface area contributed by atoms with E-state index in [0.717, 1.165) is 0 Å². The van der Waals surface area contributed by atoms with Gasteiger partial charge in [-0.15, -0.1) is 0 Å². The molecular weight excluding hydrogens is 383 g/mol. The van der Waals surface area contributed by atoms with Crippen molar-refractivity contribution in [3.63, 3.8) is 0 Å². The molecule has 148 valence electrons. The first-order chi connectivity index (χ1) is 13.1. The summed E-state index contributed by atoms with van der Waals surface area (Å²) in [6.45, 7) is 5.29. The van der Waals surface area contributed by atoms with Crippen LogP contribution in [0, 0.1) is 5.82 Å². The Bertz CT molecular complexity index is 866. The molecule has 0 aliphatic rings. The summed E-state index contributed by atoms with van der Waals surface area (Å²) in [5.74, 6) is -0.924. The summed E-state index contributed by atoms with van der Waals surface area (Å²) in [5.41, 5.74) is 5.29. The molecule has 0 heterocycles. The topological polar surface area (TPSA) is 91.5 Å². The van der Waals surface area contributed by atoms with Gasteiger partial charge >= 0.3 is 6.09 Å². The Morgan fingerprint density at radius 3 is 2.21 bits per heavy atom. The van der Waals surface area contributed by atoms with Crippen LogP contribution in [0.2, 0.25) is 0 Å². The highest BCUT2D eigenvalue weighted by molar-refractivity contribution is 7.80. The lowest BCUT2D eigenvalue weighted by Gasteiger charge is -2.19. The van der Waals surface area contributed by atoms with Gasteiger partial charge in [-0.3, -0.25) is 21.0 Å². The van der Waals surface area contributed by atoms with Crippen molar-refractivity contribution in [3.05, 3.63) is 59.9 Å². The molecule has 0 bridgehead atoms. The summed E-state index contributed by atoms with van der Waals surface area (Å²) in [6.07, 6.45) is -0.587. The summed E-state index contributed by atoms with van der Waals surface area (Å²) >= 11 is 5.01. The fraction of sp³-hybridized carbons (Fsp3) is 0.211. The van der Waals surface area contributed by atoms with Crippen LogP contribution in [-0.2, 0) is 4.74 Å². The second-order valence-electron chi connectivity index (χ2n) is 6.72. The molecule has 0 unspecified atom stereocenters. The van der Waals surface area contributed by atoms with E-state index in [0.29, 0.717) is 11.3 Å². The van der Waals surface area contributed by atoms with Crippen molar-refractivity contribution in [2.24, 2.45) is 0 Å². The van der Waals surface area contributed by atoms with Gasteiger partial charge in [0.1, 0.15) is 11.4 Å². The van der Waals surface area contributed by atoms with Gasteiger partial charge in [-0.1, -0.05) is 12.1 Å². The molecular formula is C19H21FN4O3S. The first-order valence-electron chi connectivity index (χ1n) is 8.36. The molecule has 0 aliphatic heterocycles. The molecule has 0 radical (unpaired) electrons. The zero-order valence-corrected chi connectivity index (χ0v) is 16.4. The van der Waals surface area contributed by atoms with E-state index in [1.807, 2.05) is 0 Å². The van der Waals surface area contributed by atoms with Crippen molar-refractivity contribution < 1.29 is 18.7 Å². The number of nitrogens with one attached hydrogen (secondary N) is 4. The molecule has 9 heteroatoms. The third-order valence-electron chi connectivity index (χ3n) is 3.20. The molecule has 0 saturated carbocycles. The molecule has 0 saturated heterocycles. The average Bonchev–Trinajstić information content (AvgIpc) is 2.60. The number of anilines is 2. The molecule has 2 amide bonds. The zero-order valence-electron chi connectivity index (χ0n) is 15.6. The summed E-state index contributed by atoms with van der Waals surface area (Å²) in [7, 11) is 0. The Labute approximate surface area is 167 Å². The van der Waals surface area contributed by atoms with Crippen molar-refractivity contribution in [2.45, 2.75) is 26.4 Å². The number of carbonyl (C=O) groups excluding carboxylic acids is 2. The number of carbonyl (C=O) groups is 2. The molecule has 0 fully saturated rings. The van der Waals surface area contributed by atoms with Crippen molar-refractivity contribution in [1.82, 2.24) is 10.9 Å². The van der Waals surface area contributed by atoms with Gasteiger partial charge in [0.2, 0.25) is 0 Å². The normalized spacial score (nSPS) is 10.6. The second kappa shape index (κ2) is 9.14. The van der Waals surface area contributed by atoms with Gasteiger partial charge < -0.3 is 10.1 Å². The van der Waals surface area contributed by atoms with Gasteiger partial charge in [0.15, 0.2) is 5.11 Å². The van der Waals surface area contributed by atoms with E-state index < -0.39 is 23.4 Å². The van der Waals surface area contributed by atoms with Crippen LogP contribution in [0.4, 0.5) is 20.6 Å². The number of halogens is 1. The molecule has 2 aromatic carbocycles. The fourth-order valence-corrected chi connectivity index (χ4v) is 2.19. The fourth-order valence-electron chi connectivity index (χ4n) is 2.03. The zero-order chi connectivity index (χ0) is 20.7. The van der Waals surface area contributed by atoms with Crippen LogP contribution in [0.25, 0.3) is 0 Å². The van der Waals surface area contributed by atoms with E-state index in [9.17, 15) is 14.0 Å². The van der Waals surface area contributed by atoms with Crippen LogP contribution in [0.15, 0.2) is 48.5 Å². The number of hydrogen-bond acceptors (Lipinski definition) is 4. The predicted octanol–water partition coefficient (Wildman–Crippen LogP) is 3.80. The lowest BCUT2D eigenvalue weighted by Crippen LogP contribution is -2.43. The Hall–Kier alpha value is -3.20. The van der Waals surface area contributed by atoms with Gasteiger partial charge in [0.25, 0.3) is 5.91 Å². The van der Waals surface area contributed by atoms with Crippen molar-refractivity contribution in [1.29, 1.82) is 0 Å². The lowest BCUT2D eigenvalue weighted by atomic mass is 10.2. The smallest absolute Gasteiger partial charge is 0.412 e. The number of benzene rings is 2. The number of hydrazine groups is 1. The summed E-state index contributed by atoms with van der Waals surface area (Å²) in [4.78, 5) is 23.9. The standard InChI is InChI=1S/C19H21FN4O3S/c1-19(2,3)27-18(26)21-13-10-8-12(9-11-13)16(25)23-24-17(28)22-15-7-5-4-6-14(15)20/h4-11H,1-3H3,(H,21,26)(H,23,25)(H2,22,24,28). The van der Waals surface area contributed by atoms with E-state index >= 15 is 0 Å². The summed E-state index contributed by atoms with van der Waals surface area (Å²) < 4.78 is 18.7. The maximum atomic E-state index is 13.6. The Morgan fingerprint density at radius 1 is 0.964 bits per heavy atom. The highest BCUT2D eigenvalue weighted by Gasteiger charge is 2.16. The summed E-state index contributed by atoms with van der Waals surface area (Å²) in [6, 6.07) is 12.2. The van der Waals surface area contributed by atoms with Gasteiger partial charge in [-0.2, -0.15) is 0 Å². The molecule has 0 aromatic heterocycles. The number of amides is 2. The Kier molecular flexibility index (Phi) is 6.89. The quantitative estimate of drug-likeness (QED) is 0.459. The van der Waals surface area contributed by atoms with E-state index in [1.54, 1.807) is 45.0 Å². The molecule has 28 heavy (non-hydrogen) atoms. The Morgan fingerprint density at radius 2 is 1.61 bits per heavy atom. The highest BCUT2D eigenvalue weighted by Crippen LogP contribution is 2.13. The van der Waals surface area contributed by atoms with Crippen LogP contribution in [0.5, 0.6) is 0 Å². The van der Waals surface area contributed by atoms with Crippen LogP contribution in [0.1, 0.15) is 31.1 Å². The van der Waals surface area contributed by atoms with Crippen LogP contribution < -0.4 is 21.5 Å². The molecule has 2 aromatic rings. The monoisotopic (exact) mass is 404 g/mol. The van der Waals surface area contributed by atoms with Gasteiger partial charge in [0.05, 0.1) is 5.69 Å². The highest BCUT2D eigenvalue weighted by atomic mass is 32.1. The summed E-state index contributed by atoms with van der Waals surface area (Å²) in [5, 5.41) is 5.24. The molecule has 7 nitrogen and oxygen atoms in total. The van der Waals surface area contributed by atoms with Crippen molar-refractivity contribution in [2.75, 3.05) is 10.6 Å². The third-order valence-corrected chi connectivity index (χ3v) is 3.41. The molecule has 4 N–H and O–H groups in total. The van der Waals surface area contributed by atoms with E-state index in [-0.39, 0.29) is 10.8 Å². The minimum absolute atomic E-state index is 0.0293. The molecule has 0 aliphatic carbocycles. The van der Waals surface area contributed by atoms with E-state index in [2.05, 4.69) is 21.5 Å². The largest absolute Gasteiger partial charge is 0.444 e. The number of thiocarbonyl (C=S) groups is 1. The lowest BCUT2D eigenvalue weighted by molar-refractivity contribution is 0.0635. The predicted molar refractivity (Wildman–Crippen MR) is 110 cm³/mol. The van der Waals surface area contributed by atoms with Crippen LogP contribution in [-0.4, -0.2) is 22.7 Å². The van der Waals surface area contributed by atoms with Crippen LogP contribution in [0.3, 0.4) is 0 Å². The van der Waals surface area contributed by atoms with E-state index in [4.69, 9.17) is 17.0 Å². The van der Waals surface area contributed by atoms with Crippen LogP contribution >= 0.6 is 12.2 Å². The second-order valence-corrected chi connectivity index (χ2v) is 7.13. The SMILES string of the molecule is CC(C)(C)OC(=O)Nc1ccc(C(=O)NNC(=S)Nc2ccccc2F)cc1. The number of para-hydroxylation sites is 1. The number of ether oxygens (including phenoxy) is 1. The molecule has 0 spiro atoms. The molecule has 2 rings (SSSR count). The minimum Gasteiger partial charge on any atom is -0.444 e. The first-order valence-corrected chi connectivity index (χ1v) is 8.77. The Balaban J connectivity index is 1.85. The first kappa shape index (κ1) is 21.1. The van der Waals surface area contributed by atoms with E-state index in [1.165, 1.54) is 24.3 Å². The number of hydrogen-bond donors (Lipinski definition) is 4. The maximum absolute atomic E-state index is 13.6. The van der Waals surface area contributed by atoms with Gasteiger partial charge in [0, 0.05) is 11.3 Å². The van der Waals surface area contributed by atoms with Crippen molar-refractivity contribution in [3.8, 4) is 0 Å². The molecule has 0 atom stereocenters. The van der Waals surface area contributed by atoms with Gasteiger partial charge in [-0.25, -0.2) is 9.18 Å². The maximum Gasteiger partial charge on any atom is 0.412 e. The minimum atomic E-state index is -0.606. The average molecular weight is 404 g/mol. The number of rotatable bonds is 3. The van der Waals surface area contributed by atoms with Gasteiger partial charge in [-0.05, 0) is 69.4 Å².